The van der Waals surface area contributed by atoms with E-state index in [0.29, 0.717) is 36.1 Å². The van der Waals surface area contributed by atoms with Gasteiger partial charge in [0.2, 0.25) is 0 Å². The fourth-order valence-corrected chi connectivity index (χ4v) is 4.15. The maximum absolute atomic E-state index is 12.8. The van der Waals surface area contributed by atoms with Crippen molar-refractivity contribution in [3.8, 4) is 5.75 Å². The van der Waals surface area contributed by atoms with Crippen molar-refractivity contribution in [2.45, 2.75) is 25.4 Å². The number of piperidine rings is 1. The van der Waals surface area contributed by atoms with Gasteiger partial charge in [-0.2, -0.15) is 0 Å². The fourth-order valence-electron chi connectivity index (χ4n) is 3.97. The van der Waals surface area contributed by atoms with E-state index in [-0.39, 0.29) is 18.0 Å². The van der Waals surface area contributed by atoms with Crippen molar-refractivity contribution in [3.63, 3.8) is 0 Å². The fraction of sp³-hybridized carbons (Fsp3) is 0.348. The lowest BCUT2D eigenvalue weighted by molar-refractivity contribution is 0.0630. The number of aromatic amines is 1. The summed E-state index contributed by atoms with van der Waals surface area (Å²) in [6, 6.07) is 10.7. The summed E-state index contributed by atoms with van der Waals surface area (Å²) in [5, 5.41) is 4.63. The van der Waals surface area contributed by atoms with E-state index in [4.69, 9.17) is 16.3 Å². The number of hydrogen-bond acceptors (Lipinski definition) is 4. The number of urea groups is 1. The lowest BCUT2D eigenvalue weighted by Crippen LogP contribution is -2.52. The molecular weight excluding hydrogens is 430 g/mol. The highest BCUT2D eigenvalue weighted by atomic mass is 35.5. The van der Waals surface area contributed by atoms with Gasteiger partial charge in [0.15, 0.2) is 0 Å². The molecule has 1 unspecified atom stereocenters. The first kappa shape index (κ1) is 22.0. The third-order valence-electron chi connectivity index (χ3n) is 5.81. The van der Waals surface area contributed by atoms with E-state index in [9.17, 15) is 9.59 Å². The molecule has 1 aliphatic rings. The number of hydrogen-bond donors (Lipinski definition) is 2. The standard InChI is InChI=1S/C23H26ClN5O3/c1-28(23(31)26-12-17-11-15-10-16(24)5-7-20(15)27-17)18-4-3-9-29(14-18)22(30)21-8-6-19(32-2)13-25-21/h5-8,10-11,13,18,27H,3-4,9,12,14H2,1-2H3,(H,26,31). The molecule has 4 rings (SSSR count). The highest BCUT2D eigenvalue weighted by molar-refractivity contribution is 6.31. The number of methoxy groups -OCH3 is 1. The topological polar surface area (TPSA) is 90.6 Å². The molecule has 3 heterocycles. The SMILES string of the molecule is COc1ccc(C(=O)N2CCCC(N(C)C(=O)NCc3cc4cc(Cl)ccc4[nH]3)C2)nc1. The number of carbonyl (C=O) groups excluding carboxylic acids is 2. The van der Waals surface area contributed by atoms with E-state index in [1.165, 1.54) is 6.20 Å². The van der Waals surface area contributed by atoms with Gasteiger partial charge in [-0.15, -0.1) is 0 Å². The molecule has 1 aliphatic heterocycles. The van der Waals surface area contributed by atoms with Crippen molar-refractivity contribution in [1.82, 2.24) is 25.1 Å². The predicted molar refractivity (Wildman–Crippen MR) is 123 cm³/mol. The molecule has 0 aliphatic carbocycles. The second-order valence-corrected chi connectivity index (χ2v) is 8.36. The van der Waals surface area contributed by atoms with Gasteiger partial charge in [-0.05, 0) is 49.2 Å². The number of fused-ring (bicyclic) bond motifs is 1. The molecule has 8 nitrogen and oxygen atoms in total. The van der Waals surface area contributed by atoms with Crippen LogP contribution in [0.3, 0.4) is 0 Å². The third-order valence-corrected chi connectivity index (χ3v) is 6.05. The molecule has 2 N–H and O–H groups in total. The van der Waals surface area contributed by atoms with Crippen LogP contribution >= 0.6 is 11.6 Å². The van der Waals surface area contributed by atoms with Crippen LogP contribution in [0.25, 0.3) is 10.9 Å². The molecule has 1 aromatic carbocycles. The van der Waals surface area contributed by atoms with Gasteiger partial charge in [0.25, 0.3) is 5.91 Å². The lowest BCUT2D eigenvalue weighted by Gasteiger charge is -2.37. The number of amides is 3. The van der Waals surface area contributed by atoms with Gasteiger partial charge in [-0.1, -0.05) is 11.6 Å². The number of H-pyrrole nitrogens is 1. The number of benzene rings is 1. The molecule has 0 saturated carbocycles. The van der Waals surface area contributed by atoms with Crippen molar-refractivity contribution in [1.29, 1.82) is 0 Å². The van der Waals surface area contributed by atoms with Crippen LogP contribution in [0.5, 0.6) is 5.75 Å². The van der Waals surface area contributed by atoms with Crippen molar-refractivity contribution in [2.24, 2.45) is 0 Å². The zero-order valence-electron chi connectivity index (χ0n) is 18.1. The third kappa shape index (κ3) is 4.80. The minimum absolute atomic E-state index is 0.0625. The van der Waals surface area contributed by atoms with Crippen LogP contribution in [-0.2, 0) is 6.54 Å². The maximum atomic E-state index is 12.8. The van der Waals surface area contributed by atoms with Gasteiger partial charge in [0, 0.05) is 41.8 Å². The Labute approximate surface area is 191 Å². The first-order valence-corrected chi connectivity index (χ1v) is 10.9. The number of aromatic nitrogens is 2. The Kier molecular flexibility index (Phi) is 6.50. The van der Waals surface area contributed by atoms with Gasteiger partial charge < -0.3 is 24.8 Å². The highest BCUT2D eigenvalue weighted by Gasteiger charge is 2.29. The number of ether oxygens (including phenoxy) is 1. The van der Waals surface area contributed by atoms with Crippen LogP contribution < -0.4 is 10.1 Å². The number of carbonyl (C=O) groups is 2. The second-order valence-electron chi connectivity index (χ2n) is 7.93. The van der Waals surface area contributed by atoms with Gasteiger partial charge in [0.05, 0.1) is 25.9 Å². The number of likely N-dealkylation sites (tertiary alicyclic amines) is 1. The molecule has 3 amide bonds. The molecule has 1 fully saturated rings. The Morgan fingerprint density at radius 2 is 2.16 bits per heavy atom. The smallest absolute Gasteiger partial charge is 0.317 e. The van der Waals surface area contributed by atoms with E-state index in [0.717, 1.165) is 29.4 Å². The van der Waals surface area contributed by atoms with Crippen LogP contribution in [0, 0.1) is 0 Å². The zero-order chi connectivity index (χ0) is 22.7. The summed E-state index contributed by atoms with van der Waals surface area (Å²) in [6.45, 7) is 1.50. The quantitative estimate of drug-likeness (QED) is 0.614. The van der Waals surface area contributed by atoms with Crippen LogP contribution in [0.2, 0.25) is 5.02 Å². The summed E-state index contributed by atoms with van der Waals surface area (Å²) in [6.07, 6.45) is 3.20. The van der Waals surface area contributed by atoms with Crippen LogP contribution in [0.15, 0.2) is 42.6 Å². The van der Waals surface area contributed by atoms with E-state index in [2.05, 4.69) is 15.3 Å². The Morgan fingerprint density at radius 1 is 1.31 bits per heavy atom. The van der Waals surface area contributed by atoms with Crippen molar-refractivity contribution in [2.75, 3.05) is 27.2 Å². The van der Waals surface area contributed by atoms with Gasteiger partial charge in [0.1, 0.15) is 11.4 Å². The van der Waals surface area contributed by atoms with Crippen LogP contribution in [-0.4, -0.2) is 65.0 Å². The van der Waals surface area contributed by atoms with Gasteiger partial charge in [-0.3, -0.25) is 4.79 Å². The summed E-state index contributed by atoms with van der Waals surface area (Å²) in [5.74, 6) is 0.468. The second kappa shape index (κ2) is 9.48. The number of pyridine rings is 1. The summed E-state index contributed by atoms with van der Waals surface area (Å²) >= 11 is 6.04. The van der Waals surface area contributed by atoms with Crippen molar-refractivity contribution >= 4 is 34.4 Å². The zero-order valence-corrected chi connectivity index (χ0v) is 18.9. The predicted octanol–water partition coefficient (Wildman–Crippen LogP) is 3.67. The van der Waals surface area contributed by atoms with E-state index in [1.54, 1.807) is 36.1 Å². The van der Waals surface area contributed by atoms with Crippen molar-refractivity contribution in [3.05, 3.63) is 59.0 Å². The number of likely N-dealkylation sites (N-methyl/N-ethyl adjacent to an activating group) is 1. The van der Waals surface area contributed by atoms with Crippen LogP contribution in [0.4, 0.5) is 4.79 Å². The number of nitrogens with zero attached hydrogens (tertiary/aromatic N) is 3. The minimum atomic E-state index is -0.177. The molecule has 2 aromatic heterocycles. The Balaban J connectivity index is 1.34. The molecule has 168 valence electrons. The molecule has 0 radical (unpaired) electrons. The summed E-state index contributed by atoms with van der Waals surface area (Å²) in [5.41, 5.74) is 2.24. The molecular formula is C23H26ClN5O3. The normalized spacial score (nSPS) is 16.1. The van der Waals surface area contributed by atoms with E-state index >= 15 is 0 Å². The maximum Gasteiger partial charge on any atom is 0.317 e. The van der Waals surface area contributed by atoms with E-state index < -0.39 is 0 Å². The Hall–Kier alpha value is -3.26. The highest BCUT2D eigenvalue weighted by Crippen LogP contribution is 2.21. The van der Waals surface area contributed by atoms with Crippen molar-refractivity contribution < 1.29 is 14.3 Å². The first-order valence-electron chi connectivity index (χ1n) is 10.5. The summed E-state index contributed by atoms with van der Waals surface area (Å²) in [4.78, 5) is 36.5. The molecule has 0 bridgehead atoms. The largest absolute Gasteiger partial charge is 0.495 e. The van der Waals surface area contributed by atoms with Gasteiger partial charge >= 0.3 is 6.03 Å². The Bertz CT molecular complexity index is 1110. The average Bonchev–Trinajstić information content (AvgIpc) is 3.23. The number of rotatable bonds is 5. The molecule has 3 aromatic rings. The Morgan fingerprint density at radius 3 is 2.91 bits per heavy atom. The monoisotopic (exact) mass is 455 g/mol. The first-order chi connectivity index (χ1) is 15.4. The molecule has 9 heteroatoms. The number of halogens is 1. The summed E-state index contributed by atoms with van der Waals surface area (Å²) in [7, 11) is 3.33. The average molecular weight is 456 g/mol. The van der Waals surface area contributed by atoms with Crippen LogP contribution in [0.1, 0.15) is 29.0 Å². The number of nitrogens with one attached hydrogen (secondary N) is 2. The van der Waals surface area contributed by atoms with E-state index in [1.807, 2.05) is 24.3 Å². The lowest BCUT2D eigenvalue weighted by atomic mass is 10.0. The molecule has 1 saturated heterocycles. The molecule has 32 heavy (non-hydrogen) atoms. The molecule has 0 spiro atoms. The minimum Gasteiger partial charge on any atom is -0.495 e. The van der Waals surface area contributed by atoms with Gasteiger partial charge in [-0.25, -0.2) is 9.78 Å². The molecule has 1 atom stereocenters. The summed E-state index contributed by atoms with van der Waals surface area (Å²) < 4.78 is 5.10.